The Morgan fingerprint density at radius 3 is 2.52 bits per heavy atom. The summed E-state index contributed by atoms with van der Waals surface area (Å²) in [4.78, 5) is 16.3. The summed E-state index contributed by atoms with van der Waals surface area (Å²) >= 11 is 1.24. The van der Waals surface area contributed by atoms with Gasteiger partial charge in [0.1, 0.15) is 5.82 Å². The molecule has 1 amide bonds. The molecule has 0 saturated carbocycles. The average Bonchev–Trinajstić information content (AvgIpc) is 3.22. The lowest BCUT2D eigenvalue weighted by atomic mass is 10.1. The number of hydrogen-bond donors (Lipinski definition) is 0. The van der Waals surface area contributed by atoms with E-state index in [1.54, 1.807) is 17.0 Å². The molecule has 1 aliphatic heterocycles. The molecule has 1 aromatic heterocycles. The van der Waals surface area contributed by atoms with Gasteiger partial charge in [0.15, 0.2) is 0 Å². The molecule has 2 aromatic carbocycles. The minimum atomic E-state index is -0.233. The second-order valence-corrected chi connectivity index (χ2v) is 7.77. The van der Waals surface area contributed by atoms with E-state index in [1.165, 1.54) is 17.8 Å². The van der Waals surface area contributed by atoms with Gasteiger partial charge < -0.3 is 14.2 Å². The van der Waals surface area contributed by atoms with E-state index in [1.807, 2.05) is 42.2 Å². The van der Waals surface area contributed by atoms with E-state index in [0.717, 1.165) is 11.1 Å². The number of carbonyl (C=O) groups is 1. The highest BCUT2D eigenvalue weighted by Crippen LogP contribution is 2.24. The van der Waals surface area contributed by atoms with E-state index in [0.29, 0.717) is 43.0 Å². The van der Waals surface area contributed by atoms with Crippen LogP contribution in [0.15, 0.2) is 58.2 Å². The van der Waals surface area contributed by atoms with Crippen LogP contribution in [0.25, 0.3) is 11.5 Å². The third kappa shape index (κ3) is 4.59. The van der Waals surface area contributed by atoms with Crippen LogP contribution in [0.1, 0.15) is 5.56 Å². The predicted octanol–water partition coefficient (Wildman–Crippen LogP) is 3.63. The van der Waals surface area contributed by atoms with Crippen LogP contribution in [0.5, 0.6) is 0 Å². The first-order chi connectivity index (χ1) is 14.1. The quantitative estimate of drug-likeness (QED) is 0.597. The van der Waals surface area contributed by atoms with E-state index in [4.69, 9.17) is 4.42 Å². The number of aromatic nitrogens is 2. The number of thioether (sulfide) groups is 1. The van der Waals surface area contributed by atoms with Crippen LogP contribution in [0.2, 0.25) is 0 Å². The molecule has 1 saturated heterocycles. The second-order valence-electron chi connectivity index (χ2n) is 6.85. The lowest BCUT2D eigenvalue weighted by Gasteiger charge is -2.36. The Morgan fingerprint density at radius 1 is 1.07 bits per heavy atom. The van der Waals surface area contributed by atoms with Gasteiger partial charge in [-0.05, 0) is 31.2 Å². The summed E-state index contributed by atoms with van der Waals surface area (Å²) in [5, 5.41) is 8.45. The Balaban J connectivity index is 1.29. The molecule has 1 fully saturated rings. The molecule has 4 rings (SSSR count). The van der Waals surface area contributed by atoms with Crippen molar-refractivity contribution in [2.75, 3.05) is 36.8 Å². The first-order valence-electron chi connectivity index (χ1n) is 9.41. The number of halogens is 1. The standard InChI is InChI=1S/C21H21FN4O2S/c1-15-6-8-16(9-7-15)20-23-24-21(28-20)29-14-19(27)26-12-10-25(11-13-26)18-5-3-2-4-17(18)22/h2-9H,10-14H2,1H3. The van der Waals surface area contributed by atoms with E-state index in [-0.39, 0.29) is 17.5 Å². The molecule has 8 heteroatoms. The summed E-state index contributed by atoms with van der Waals surface area (Å²) in [5.74, 6) is 0.454. The lowest BCUT2D eigenvalue weighted by molar-refractivity contribution is -0.128. The van der Waals surface area contributed by atoms with E-state index in [9.17, 15) is 9.18 Å². The molecule has 1 aliphatic rings. The van der Waals surface area contributed by atoms with Gasteiger partial charge in [-0.1, -0.05) is 41.6 Å². The van der Waals surface area contributed by atoms with Crippen molar-refractivity contribution in [3.63, 3.8) is 0 Å². The largest absolute Gasteiger partial charge is 0.411 e. The fourth-order valence-electron chi connectivity index (χ4n) is 3.20. The summed E-state index contributed by atoms with van der Waals surface area (Å²) in [5.41, 5.74) is 2.59. The van der Waals surface area contributed by atoms with Gasteiger partial charge >= 0.3 is 0 Å². The van der Waals surface area contributed by atoms with Gasteiger partial charge in [0.2, 0.25) is 11.8 Å². The highest BCUT2D eigenvalue weighted by atomic mass is 32.2. The normalized spacial score (nSPS) is 14.3. The van der Waals surface area contributed by atoms with Gasteiger partial charge in [-0.2, -0.15) is 0 Å². The number of carbonyl (C=O) groups excluding carboxylic acids is 1. The molecule has 0 spiro atoms. The Kier molecular flexibility index (Phi) is 5.80. The van der Waals surface area contributed by atoms with Crippen LogP contribution in [0.4, 0.5) is 10.1 Å². The third-order valence-electron chi connectivity index (χ3n) is 4.85. The number of amides is 1. The summed E-state index contributed by atoms with van der Waals surface area (Å²) in [7, 11) is 0. The molecule has 0 radical (unpaired) electrons. The van der Waals surface area contributed by atoms with Gasteiger partial charge in [0.05, 0.1) is 11.4 Å². The van der Waals surface area contributed by atoms with Crippen molar-refractivity contribution in [1.82, 2.24) is 15.1 Å². The lowest BCUT2D eigenvalue weighted by Crippen LogP contribution is -2.49. The molecule has 0 aliphatic carbocycles. The van der Waals surface area contributed by atoms with Crippen molar-refractivity contribution in [3.8, 4) is 11.5 Å². The molecule has 0 atom stereocenters. The highest BCUT2D eigenvalue weighted by Gasteiger charge is 2.23. The zero-order valence-corrected chi connectivity index (χ0v) is 16.9. The first kappa shape index (κ1) is 19.4. The molecule has 3 aromatic rings. The number of para-hydroxylation sites is 1. The maximum atomic E-state index is 13.9. The van der Waals surface area contributed by atoms with Crippen LogP contribution in [0, 0.1) is 12.7 Å². The number of piperazine rings is 1. The van der Waals surface area contributed by atoms with E-state index in [2.05, 4.69) is 10.2 Å². The van der Waals surface area contributed by atoms with Crippen LogP contribution in [-0.4, -0.2) is 52.9 Å². The first-order valence-corrected chi connectivity index (χ1v) is 10.4. The maximum Gasteiger partial charge on any atom is 0.277 e. The summed E-state index contributed by atoms with van der Waals surface area (Å²) in [6.07, 6.45) is 0. The van der Waals surface area contributed by atoms with Gasteiger partial charge in [-0.3, -0.25) is 4.79 Å². The van der Waals surface area contributed by atoms with Gasteiger partial charge in [0.25, 0.3) is 5.22 Å². The van der Waals surface area contributed by atoms with Crippen molar-refractivity contribution in [1.29, 1.82) is 0 Å². The van der Waals surface area contributed by atoms with Crippen molar-refractivity contribution in [2.24, 2.45) is 0 Å². The number of rotatable bonds is 5. The van der Waals surface area contributed by atoms with E-state index < -0.39 is 0 Å². The zero-order chi connectivity index (χ0) is 20.2. The van der Waals surface area contributed by atoms with Gasteiger partial charge in [-0.15, -0.1) is 10.2 Å². The average molecular weight is 412 g/mol. The fourth-order valence-corrected chi connectivity index (χ4v) is 3.87. The van der Waals surface area contributed by atoms with Crippen LogP contribution >= 0.6 is 11.8 Å². The van der Waals surface area contributed by atoms with Crippen molar-refractivity contribution >= 4 is 23.4 Å². The van der Waals surface area contributed by atoms with Gasteiger partial charge in [-0.25, -0.2) is 4.39 Å². The third-order valence-corrected chi connectivity index (χ3v) is 5.65. The fraction of sp³-hybridized carbons (Fsp3) is 0.286. The van der Waals surface area contributed by atoms with Crippen LogP contribution in [-0.2, 0) is 4.79 Å². The summed E-state index contributed by atoms with van der Waals surface area (Å²) in [6.45, 7) is 4.35. The Hall–Kier alpha value is -2.87. The number of hydrogen-bond acceptors (Lipinski definition) is 6. The number of anilines is 1. The van der Waals surface area contributed by atoms with Crippen LogP contribution < -0.4 is 4.90 Å². The monoisotopic (exact) mass is 412 g/mol. The van der Waals surface area contributed by atoms with Crippen LogP contribution in [0.3, 0.4) is 0 Å². The molecule has 150 valence electrons. The second kappa shape index (κ2) is 8.65. The summed E-state index contributed by atoms with van der Waals surface area (Å²) < 4.78 is 19.6. The van der Waals surface area contributed by atoms with Crippen molar-refractivity contribution < 1.29 is 13.6 Å². The minimum Gasteiger partial charge on any atom is -0.411 e. The Labute approximate surface area is 172 Å². The molecular formula is C21H21FN4O2S. The summed E-state index contributed by atoms with van der Waals surface area (Å²) in [6, 6.07) is 14.5. The molecule has 0 N–H and O–H groups in total. The smallest absolute Gasteiger partial charge is 0.277 e. The molecule has 2 heterocycles. The Bertz CT molecular complexity index is 984. The topological polar surface area (TPSA) is 62.5 Å². The molecule has 0 bridgehead atoms. The molecule has 6 nitrogen and oxygen atoms in total. The van der Waals surface area contributed by atoms with Crippen molar-refractivity contribution in [3.05, 3.63) is 59.9 Å². The minimum absolute atomic E-state index is 0.0123. The SMILES string of the molecule is Cc1ccc(-c2nnc(SCC(=O)N3CCN(c4ccccc4F)CC3)o2)cc1. The zero-order valence-electron chi connectivity index (χ0n) is 16.0. The van der Waals surface area contributed by atoms with Crippen molar-refractivity contribution in [2.45, 2.75) is 12.1 Å². The molecule has 29 heavy (non-hydrogen) atoms. The van der Waals surface area contributed by atoms with Gasteiger partial charge in [0, 0.05) is 31.7 Å². The number of aryl methyl sites for hydroxylation is 1. The molecular weight excluding hydrogens is 391 g/mol. The maximum absolute atomic E-state index is 13.9. The number of benzene rings is 2. The molecule has 0 unspecified atom stereocenters. The van der Waals surface area contributed by atoms with E-state index >= 15 is 0 Å². The highest BCUT2D eigenvalue weighted by molar-refractivity contribution is 7.99. The predicted molar refractivity (Wildman–Crippen MR) is 110 cm³/mol. The number of nitrogens with zero attached hydrogens (tertiary/aromatic N) is 4. The Morgan fingerprint density at radius 2 is 1.79 bits per heavy atom.